The number of para-hydroxylation sites is 1. The van der Waals surface area contributed by atoms with E-state index >= 15 is 0 Å². The second-order valence-electron chi connectivity index (χ2n) is 12.4. The Hall–Kier alpha value is -5.61. The predicted octanol–water partition coefficient (Wildman–Crippen LogP) is 7.19. The molecule has 0 aliphatic carbocycles. The van der Waals surface area contributed by atoms with Crippen LogP contribution in [-0.4, -0.2) is 44.0 Å². The van der Waals surface area contributed by atoms with Crippen LogP contribution in [0.3, 0.4) is 0 Å². The Morgan fingerprint density at radius 2 is 1.67 bits per heavy atom. The summed E-state index contributed by atoms with van der Waals surface area (Å²) in [4.78, 5) is 33.2. The van der Waals surface area contributed by atoms with Crippen molar-refractivity contribution in [2.45, 2.75) is 39.4 Å². The molecule has 1 atom stereocenters. The minimum atomic E-state index is -0.538. The number of ether oxygens (including phenoxy) is 2. The molecule has 0 saturated heterocycles. The third-order valence-electron chi connectivity index (χ3n) is 9.28. The number of benzene rings is 4. The van der Waals surface area contributed by atoms with Crippen LogP contribution in [-0.2, 0) is 19.4 Å². The monoisotopic (exact) mass is 655 g/mol. The third kappa shape index (κ3) is 6.60. The normalized spacial score (nSPS) is 15.6. The van der Waals surface area contributed by atoms with Gasteiger partial charge < -0.3 is 19.2 Å². The largest absolute Gasteiger partial charge is 0.493 e. The van der Waals surface area contributed by atoms with Crippen molar-refractivity contribution in [2.24, 2.45) is 15.2 Å². The van der Waals surface area contributed by atoms with Crippen LogP contribution in [0.5, 0.6) is 11.5 Å². The lowest BCUT2D eigenvalue weighted by Gasteiger charge is -2.29. The van der Waals surface area contributed by atoms with Gasteiger partial charge in [-0.15, -0.1) is 5.11 Å². The van der Waals surface area contributed by atoms with Gasteiger partial charge >= 0.3 is 0 Å². The van der Waals surface area contributed by atoms with Gasteiger partial charge in [0.05, 0.1) is 25.3 Å². The smallest absolute Gasteiger partial charge is 0.291 e. The highest BCUT2D eigenvalue weighted by Crippen LogP contribution is 2.34. The molecule has 2 aliphatic rings. The molecular formula is C39H37N5O5. The molecular weight excluding hydrogens is 618 g/mol. The fraction of sp³-hybridized carbons (Fsp3) is 0.256. The molecule has 10 heteroatoms. The van der Waals surface area contributed by atoms with Crippen molar-refractivity contribution in [1.82, 2.24) is 4.90 Å². The standard InChI is InChI=1S/C39H37N5O5/c1-23-17-30(31(18-24(23)2)40-39(46)36-21-32(45)29-7-5-6-8-33(29)49-36)38-41-37(42-43-38)26-11-9-25(10-12-26)13-15-44-16-14-27-19-34(47-3)35(48-4)20-28(27)22-44/h5-12,17-21,37H,13-16,22H2,1-4H3,(H,40,46). The number of hydrogen-bond acceptors (Lipinski definition) is 9. The molecule has 1 unspecified atom stereocenters. The van der Waals surface area contributed by atoms with Crippen LogP contribution in [0.4, 0.5) is 5.69 Å². The first-order chi connectivity index (χ1) is 23.8. The van der Waals surface area contributed by atoms with E-state index < -0.39 is 12.1 Å². The number of hydrogen-bond donors (Lipinski definition) is 1. The molecule has 1 N–H and O–H groups in total. The van der Waals surface area contributed by atoms with Crippen LogP contribution in [0.2, 0.25) is 0 Å². The van der Waals surface area contributed by atoms with Crippen molar-refractivity contribution in [2.75, 3.05) is 32.6 Å². The molecule has 0 saturated carbocycles. The molecule has 10 nitrogen and oxygen atoms in total. The first-order valence-corrected chi connectivity index (χ1v) is 16.3. The van der Waals surface area contributed by atoms with Crippen molar-refractivity contribution in [3.63, 3.8) is 0 Å². The van der Waals surface area contributed by atoms with Crippen molar-refractivity contribution in [3.05, 3.63) is 134 Å². The lowest BCUT2D eigenvalue weighted by atomic mass is 9.98. The maximum absolute atomic E-state index is 13.3. The zero-order valence-corrected chi connectivity index (χ0v) is 27.9. The topological polar surface area (TPSA) is 118 Å². The molecule has 5 aromatic rings. The molecule has 1 amide bonds. The zero-order chi connectivity index (χ0) is 34.1. The molecule has 248 valence electrons. The summed E-state index contributed by atoms with van der Waals surface area (Å²) in [6, 6.07) is 24.4. The quantitative estimate of drug-likeness (QED) is 0.180. The van der Waals surface area contributed by atoms with Crippen LogP contribution in [0.25, 0.3) is 11.0 Å². The fourth-order valence-electron chi connectivity index (χ4n) is 6.32. The Kier molecular flexibility index (Phi) is 8.79. The summed E-state index contributed by atoms with van der Waals surface area (Å²) in [7, 11) is 3.34. The second kappa shape index (κ2) is 13.5. The second-order valence-corrected chi connectivity index (χ2v) is 12.4. The van der Waals surface area contributed by atoms with Gasteiger partial charge in [0.25, 0.3) is 5.91 Å². The van der Waals surface area contributed by atoms with Crippen LogP contribution < -0.4 is 20.2 Å². The summed E-state index contributed by atoms with van der Waals surface area (Å²) in [6.45, 7) is 6.78. The number of methoxy groups -OCH3 is 2. The maximum Gasteiger partial charge on any atom is 0.291 e. The summed E-state index contributed by atoms with van der Waals surface area (Å²) >= 11 is 0. The number of nitrogens with zero attached hydrogens (tertiary/aromatic N) is 4. The number of amidine groups is 1. The Balaban J connectivity index is 1.03. The molecule has 2 aliphatic heterocycles. The molecule has 1 aromatic heterocycles. The molecule has 0 bridgehead atoms. The van der Waals surface area contributed by atoms with E-state index in [9.17, 15) is 9.59 Å². The van der Waals surface area contributed by atoms with E-state index in [1.165, 1.54) is 22.8 Å². The lowest BCUT2D eigenvalue weighted by molar-refractivity contribution is 0.0997. The molecule has 0 spiro atoms. The van der Waals surface area contributed by atoms with Crippen LogP contribution in [0.15, 0.2) is 103 Å². The summed E-state index contributed by atoms with van der Waals surface area (Å²) in [5.74, 6) is 1.35. The number of azo groups is 1. The predicted molar refractivity (Wildman–Crippen MR) is 189 cm³/mol. The SMILES string of the molecule is COc1cc2c(cc1OC)CN(CCc1ccc(C3N=NC(c4cc(C)c(C)cc4NC(=O)c4cc(=O)c5ccccc5o4)=N3)cc1)CC2. The maximum atomic E-state index is 13.3. The molecule has 0 radical (unpaired) electrons. The number of rotatable bonds is 9. The minimum absolute atomic E-state index is 0.0770. The highest BCUT2D eigenvalue weighted by atomic mass is 16.5. The van der Waals surface area contributed by atoms with Gasteiger partial charge in [-0.05, 0) is 90.9 Å². The molecule has 7 rings (SSSR count). The van der Waals surface area contributed by atoms with E-state index in [1.54, 1.807) is 38.5 Å². The van der Waals surface area contributed by atoms with Gasteiger partial charge in [0.1, 0.15) is 5.58 Å². The van der Waals surface area contributed by atoms with E-state index in [-0.39, 0.29) is 11.2 Å². The first-order valence-electron chi connectivity index (χ1n) is 16.3. The van der Waals surface area contributed by atoms with E-state index in [1.807, 2.05) is 26.0 Å². The van der Waals surface area contributed by atoms with E-state index in [2.05, 4.69) is 56.8 Å². The molecule has 0 fully saturated rings. The summed E-state index contributed by atoms with van der Waals surface area (Å²) in [5, 5.41) is 12.2. The average Bonchev–Trinajstić information content (AvgIpc) is 3.62. The fourth-order valence-corrected chi connectivity index (χ4v) is 6.32. The van der Waals surface area contributed by atoms with Gasteiger partial charge in [0.15, 0.2) is 34.7 Å². The van der Waals surface area contributed by atoms with Crippen molar-refractivity contribution < 1.29 is 18.7 Å². The number of nitrogens with one attached hydrogen (secondary N) is 1. The number of aliphatic imine (C=N–C) groups is 1. The van der Waals surface area contributed by atoms with E-state index in [4.69, 9.17) is 18.9 Å². The Morgan fingerprint density at radius 3 is 2.45 bits per heavy atom. The Morgan fingerprint density at radius 1 is 0.939 bits per heavy atom. The molecule has 49 heavy (non-hydrogen) atoms. The zero-order valence-electron chi connectivity index (χ0n) is 27.9. The number of amides is 1. The number of carbonyl (C=O) groups excluding carboxylic acids is 1. The van der Waals surface area contributed by atoms with Gasteiger partial charge in [-0.1, -0.05) is 36.4 Å². The first kappa shape index (κ1) is 32.0. The van der Waals surface area contributed by atoms with Crippen molar-refractivity contribution in [3.8, 4) is 11.5 Å². The van der Waals surface area contributed by atoms with Crippen LogP contribution in [0, 0.1) is 13.8 Å². The number of fused-ring (bicyclic) bond motifs is 2. The third-order valence-corrected chi connectivity index (χ3v) is 9.28. The van der Waals surface area contributed by atoms with Crippen LogP contribution >= 0.6 is 0 Å². The Bertz CT molecular complexity index is 2190. The van der Waals surface area contributed by atoms with E-state index in [0.717, 1.165) is 60.7 Å². The highest BCUT2D eigenvalue weighted by molar-refractivity contribution is 6.10. The highest BCUT2D eigenvalue weighted by Gasteiger charge is 2.23. The summed E-state index contributed by atoms with van der Waals surface area (Å²) in [5.41, 5.74) is 7.99. The summed E-state index contributed by atoms with van der Waals surface area (Å²) < 4.78 is 16.8. The minimum Gasteiger partial charge on any atom is -0.493 e. The van der Waals surface area contributed by atoms with Gasteiger partial charge in [0, 0.05) is 36.8 Å². The molecule has 3 heterocycles. The van der Waals surface area contributed by atoms with Gasteiger partial charge in [-0.25, -0.2) is 4.99 Å². The van der Waals surface area contributed by atoms with Gasteiger partial charge in [-0.2, -0.15) is 5.11 Å². The average molecular weight is 656 g/mol. The summed E-state index contributed by atoms with van der Waals surface area (Å²) in [6.07, 6.45) is 1.42. The van der Waals surface area contributed by atoms with Gasteiger partial charge in [-0.3, -0.25) is 14.5 Å². The number of anilines is 1. The molecule has 4 aromatic carbocycles. The Labute approximate surface area is 284 Å². The van der Waals surface area contributed by atoms with Crippen molar-refractivity contribution in [1.29, 1.82) is 0 Å². The van der Waals surface area contributed by atoms with E-state index in [0.29, 0.717) is 28.1 Å². The van der Waals surface area contributed by atoms with Crippen molar-refractivity contribution >= 4 is 28.4 Å². The van der Waals surface area contributed by atoms with Crippen LogP contribution in [0.1, 0.15) is 55.7 Å². The number of carbonyl (C=O) groups is 1. The number of aryl methyl sites for hydroxylation is 2. The lowest BCUT2D eigenvalue weighted by Crippen LogP contribution is -2.32. The van der Waals surface area contributed by atoms with Gasteiger partial charge in [0.2, 0.25) is 0 Å².